The molecule has 0 spiro atoms. The van der Waals surface area contributed by atoms with E-state index in [-0.39, 0.29) is 5.91 Å². The van der Waals surface area contributed by atoms with Crippen molar-refractivity contribution in [2.24, 2.45) is 17.8 Å². The normalized spacial score (nSPS) is 25.0. The number of hydrogen-bond acceptors (Lipinski definition) is 4. The van der Waals surface area contributed by atoms with Crippen molar-refractivity contribution in [1.82, 2.24) is 25.5 Å². The highest BCUT2D eigenvalue weighted by atomic mass is 16.1. The molecule has 1 fully saturated rings. The van der Waals surface area contributed by atoms with E-state index in [1.807, 2.05) is 25.1 Å². The van der Waals surface area contributed by atoms with Crippen LogP contribution in [0.25, 0.3) is 5.69 Å². The molecule has 1 aromatic carbocycles. The monoisotopic (exact) mass is 309 g/mol. The molecule has 6 nitrogen and oxygen atoms in total. The Morgan fingerprint density at radius 3 is 2.96 bits per heavy atom. The third kappa shape index (κ3) is 2.65. The third-order valence-electron chi connectivity index (χ3n) is 5.01. The van der Waals surface area contributed by atoms with Gasteiger partial charge in [-0.15, -0.1) is 5.10 Å². The first-order valence-electron chi connectivity index (χ1n) is 8.01. The molecule has 0 radical (unpaired) electrons. The van der Waals surface area contributed by atoms with Crippen molar-refractivity contribution in [1.29, 1.82) is 0 Å². The summed E-state index contributed by atoms with van der Waals surface area (Å²) in [5, 5.41) is 14.3. The molecule has 0 saturated heterocycles. The Morgan fingerprint density at radius 2 is 2.26 bits per heavy atom. The smallest absolute Gasteiger partial charge is 0.251 e. The lowest BCUT2D eigenvalue weighted by molar-refractivity contribution is 0.0945. The van der Waals surface area contributed by atoms with Crippen molar-refractivity contribution in [2.75, 3.05) is 6.54 Å². The van der Waals surface area contributed by atoms with Gasteiger partial charge in [0.15, 0.2) is 0 Å². The van der Waals surface area contributed by atoms with Gasteiger partial charge >= 0.3 is 0 Å². The maximum Gasteiger partial charge on any atom is 0.251 e. The lowest BCUT2D eigenvalue weighted by atomic mass is 9.93. The predicted molar refractivity (Wildman–Crippen MR) is 85.1 cm³/mol. The summed E-state index contributed by atoms with van der Waals surface area (Å²) in [6.45, 7) is 2.72. The van der Waals surface area contributed by atoms with Crippen LogP contribution in [-0.2, 0) is 0 Å². The fourth-order valence-electron chi connectivity index (χ4n) is 3.72. The van der Waals surface area contributed by atoms with Gasteiger partial charge in [-0.05, 0) is 65.6 Å². The minimum absolute atomic E-state index is 0.0360. The number of rotatable bonds is 4. The van der Waals surface area contributed by atoms with Gasteiger partial charge in [0.2, 0.25) is 0 Å². The van der Waals surface area contributed by atoms with Gasteiger partial charge in [-0.25, -0.2) is 4.68 Å². The molecule has 2 aliphatic rings. The fraction of sp³-hybridized carbons (Fsp3) is 0.412. The summed E-state index contributed by atoms with van der Waals surface area (Å²) in [7, 11) is 0. The van der Waals surface area contributed by atoms with Crippen LogP contribution >= 0.6 is 0 Å². The van der Waals surface area contributed by atoms with Crippen molar-refractivity contribution in [3.63, 3.8) is 0 Å². The zero-order chi connectivity index (χ0) is 15.8. The van der Waals surface area contributed by atoms with Crippen LogP contribution in [0, 0.1) is 24.7 Å². The van der Waals surface area contributed by atoms with Gasteiger partial charge in [-0.2, -0.15) is 0 Å². The number of amides is 1. The first-order chi connectivity index (χ1) is 11.2. The van der Waals surface area contributed by atoms with Gasteiger partial charge in [-0.3, -0.25) is 4.79 Å². The number of nitrogens with zero attached hydrogens (tertiary/aromatic N) is 4. The molecule has 2 bridgehead atoms. The summed E-state index contributed by atoms with van der Waals surface area (Å²) < 4.78 is 1.58. The number of tetrazole rings is 1. The van der Waals surface area contributed by atoms with Gasteiger partial charge < -0.3 is 5.32 Å². The van der Waals surface area contributed by atoms with Crippen LogP contribution in [-0.4, -0.2) is 32.7 Å². The number of hydrogen-bond donors (Lipinski definition) is 1. The van der Waals surface area contributed by atoms with E-state index in [1.165, 1.54) is 19.2 Å². The van der Waals surface area contributed by atoms with Gasteiger partial charge in [0, 0.05) is 12.1 Å². The van der Waals surface area contributed by atoms with E-state index in [1.54, 1.807) is 4.68 Å². The molecule has 1 heterocycles. The molecule has 3 atom stereocenters. The Kier molecular flexibility index (Phi) is 3.44. The quantitative estimate of drug-likeness (QED) is 0.876. The molecular weight excluding hydrogens is 290 g/mol. The van der Waals surface area contributed by atoms with Gasteiger partial charge in [-0.1, -0.05) is 18.2 Å². The van der Waals surface area contributed by atoms with Gasteiger partial charge in [0.05, 0.1) is 5.69 Å². The summed E-state index contributed by atoms with van der Waals surface area (Å²) in [6.07, 6.45) is 8.62. The summed E-state index contributed by atoms with van der Waals surface area (Å²) in [5.41, 5.74) is 2.48. The van der Waals surface area contributed by atoms with Crippen LogP contribution in [0.5, 0.6) is 0 Å². The first-order valence-corrected chi connectivity index (χ1v) is 8.01. The highest BCUT2D eigenvalue weighted by Gasteiger charge is 2.35. The predicted octanol–water partition coefficient (Wildman–Crippen LogP) is 1.91. The Hall–Kier alpha value is -2.50. The molecule has 6 heteroatoms. The number of aryl methyl sites for hydroxylation is 1. The summed E-state index contributed by atoms with van der Waals surface area (Å²) in [6, 6.07) is 5.60. The summed E-state index contributed by atoms with van der Waals surface area (Å²) in [5.74, 6) is 1.92. The van der Waals surface area contributed by atoms with Gasteiger partial charge in [0.25, 0.3) is 5.91 Å². The number of nitrogens with one attached hydrogen (secondary N) is 1. The molecule has 2 aromatic rings. The highest BCUT2D eigenvalue weighted by Crippen LogP contribution is 2.42. The van der Waals surface area contributed by atoms with E-state index in [0.717, 1.165) is 23.7 Å². The van der Waals surface area contributed by atoms with E-state index in [4.69, 9.17) is 0 Å². The minimum atomic E-state index is -0.0360. The Morgan fingerprint density at radius 1 is 1.35 bits per heavy atom. The van der Waals surface area contributed by atoms with Crippen LogP contribution in [0.3, 0.4) is 0 Å². The minimum Gasteiger partial charge on any atom is -0.352 e. The van der Waals surface area contributed by atoms with Crippen LogP contribution in [0.2, 0.25) is 0 Å². The Bertz CT molecular complexity index is 752. The van der Waals surface area contributed by atoms with Crippen molar-refractivity contribution in [3.8, 4) is 5.69 Å². The van der Waals surface area contributed by atoms with Crippen molar-refractivity contribution >= 4 is 5.91 Å². The van der Waals surface area contributed by atoms with Crippen LogP contribution in [0.15, 0.2) is 36.7 Å². The first kappa shape index (κ1) is 14.1. The molecule has 1 N–H and O–H groups in total. The molecule has 0 unspecified atom stereocenters. The van der Waals surface area contributed by atoms with Crippen LogP contribution < -0.4 is 5.32 Å². The number of carbonyl (C=O) groups excluding carboxylic acids is 1. The maximum atomic E-state index is 12.5. The molecule has 1 aromatic heterocycles. The molecule has 2 aliphatic carbocycles. The van der Waals surface area contributed by atoms with Crippen LogP contribution in [0.1, 0.15) is 28.8 Å². The number of allylic oxidation sites excluding steroid dienone is 2. The topological polar surface area (TPSA) is 72.7 Å². The standard InChI is InChI=1S/C17H19N5O/c1-11-2-4-14(8-16(11)22-10-19-20-21-22)17(23)18-9-15-7-12-3-5-13(15)6-12/h2-5,8,10,12-13,15H,6-7,9H2,1H3,(H,18,23)/t12-,13+,15+/m0/s1. The van der Waals surface area contributed by atoms with E-state index in [2.05, 4.69) is 33.0 Å². The van der Waals surface area contributed by atoms with Crippen molar-refractivity contribution in [2.45, 2.75) is 19.8 Å². The van der Waals surface area contributed by atoms with E-state index in [0.29, 0.717) is 17.4 Å². The molecular formula is C17H19N5O. The maximum absolute atomic E-state index is 12.5. The fourth-order valence-corrected chi connectivity index (χ4v) is 3.72. The molecule has 1 amide bonds. The molecule has 1 saturated carbocycles. The third-order valence-corrected chi connectivity index (χ3v) is 5.01. The highest BCUT2D eigenvalue weighted by molar-refractivity contribution is 5.94. The van der Waals surface area contributed by atoms with E-state index >= 15 is 0 Å². The number of aromatic nitrogens is 4. The van der Waals surface area contributed by atoms with E-state index < -0.39 is 0 Å². The Balaban J connectivity index is 1.46. The summed E-state index contributed by atoms with van der Waals surface area (Å²) in [4.78, 5) is 12.5. The zero-order valence-corrected chi connectivity index (χ0v) is 13.0. The van der Waals surface area contributed by atoms with E-state index in [9.17, 15) is 4.79 Å². The Labute approximate surface area is 134 Å². The average Bonchev–Trinajstić information content (AvgIpc) is 3.30. The average molecular weight is 309 g/mol. The van der Waals surface area contributed by atoms with Crippen molar-refractivity contribution in [3.05, 3.63) is 47.8 Å². The zero-order valence-electron chi connectivity index (χ0n) is 13.0. The number of carbonyl (C=O) groups is 1. The van der Waals surface area contributed by atoms with Gasteiger partial charge in [0.1, 0.15) is 6.33 Å². The number of benzene rings is 1. The van der Waals surface area contributed by atoms with Crippen molar-refractivity contribution < 1.29 is 4.79 Å². The van der Waals surface area contributed by atoms with Crippen LogP contribution in [0.4, 0.5) is 0 Å². The molecule has 23 heavy (non-hydrogen) atoms. The number of fused-ring (bicyclic) bond motifs is 2. The largest absolute Gasteiger partial charge is 0.352 e. The molecule has 118 valence electrons. The molecule has 0 aliphatic heterocycles. The SMILES string of the molecule is Cc1ccc(C(=O)NC[C@H]2C[C@H]3C=C[C@@H]2C3)cc1-n1cnnn1. The summed E-state index contributed by atoms with van der Waals surface area (Å²) >= 11 is 0. The second-order valence-electron chi connectivity index (χ2n) is 6.51. The second kappa shape index (κ2) is 5.61. The second-order valence-corrected chi connectivity index (χ2v) is 6.51. The lowest BCUT2D eigenvalue weighted by Crippen LogP contribution is -2.31. The molecule has 4 rings (SSSR count). The lowest BCUT2D eigenvalue weighted by Gasteiger charge is -2.18.